The van der Waals surface area contributed by atoms with E-state index in [-0.39, 0.29) is 0 Å². The first-order valence-electron chi connectivity index (χ1n) is 7.08. The highest BCUT2D eigenvalue weighted by Crippen LogP contribution is 2.36. The molecule has 0 aromatic heterocycles. The van der Waals surface area contributed by atoms with Crippen molar-refractivity contribution in [3.8, 4) is 0 Å². The summed E-state index contributed by atoms with van der Waals surface area (Å²) in [7, 11) is 0. The molecule has 0 unspecified atom stereocenters. The fourth-order valence-electron chi connectivity index (χ4n) is 3.07. The standard InChI is InChI=1S/C16H23IO/c1-2-3-13-8-10-16(18,11-9-13)12-14-4-6-15(17)7-5-14/h4-7,13,18H,2-3,8-12H2,1H3. The Hall–Kier alpha value is -0.0900. The second-order valence-electron chi connectivity index (χ2n) is 5.76. The third-order valence-corrected chi connectivity index (χ3v) is 4.90. The van der Waals surface area contributed by atoms with E-state index < -0.39 is 5.60 Å². The minimum absolute atomic E-state index is 0.447. The van der Waals surface area contributed by atoms with Gasteiger partial charge in [0.1, 0.15) is 0 Å². The summed E-state index contributed by atoms with van der Waals surface area (Å²) in [5.74, 6) is 0.854. The van der Waals surface area contributed by atoms with Crippen LogP contribution in [0.3, 0.4) is 0 Å². The third kappa shape index (κ3) is 3.95. The molecule has 0 spiro atoms. The fourth-order valence-corrected chi connectivity index (χ4v) is 3.43. The Bertz CT molecular complexity index is 363. The molecule has 0 amide bonds. The number of rotatable bonds is 4. The monoisotopic (exact) mass is 358 g/mol. The number of hydrogen-bond donors (Lipinski definition) is 1. The molecule has 2 heteroatoms. The van der Waals surface area contributed by atoms with Gasteiger partial charge in [-0.3, -0.25) is 0 Å². The lowest BCUT2D eigenvalue weighted by Gasteiger charge is -2.36. The molecule has 1 aromatic rings. The molecule has 2 rings (SSSR count). The van der Waals surface area contributed by atoms with Crippen molar-refractivity contribution >= 4 is 22.6 Å². The van der Waals surface area contributed by atoms with Crippen molar-refractivity contribution in [3.05, 3.63) is 33.4 Å². The van der Waals surface area contributed by atoms with E-state index in [2.05, 4.69) is 53.8 Å². The zero-order chi connectivity index (χ0) is 13.0. The van der Waals surface area contributed by atoms with Gasteiger partial charge in [-0.05, 0) is 71.9 Å². The van der Waals surface area contributed by atoms with E-state index in [4.69, 9.17) is 0 Å². The van der Waals surface area contributed by atoms with E-state index in [1.165, 1.54) is 34.8 Å². The molecule has 1 aliphatic rings. The van der Waals surface area contributed by atoms with Crippen molar-refractivity contribution in [2.45, 2.75) is 57.5 Å². The molecule has 1 saturated carbocycles. The van der Waals surface area contributed by atoms with Crippen LogP contribution in [0.4, 0.5) is 0 Å². The maximum absolute atomic E-state index is 10.7. The van der Waals surface area contributed by atoms with Crippen LogP contribution >= 0.6 is 22.6 Å². The van der Waals surface area contributed by atoms with Gasteiger partial charge in [0.25, 0.3) is 0 Å². The fraction of sp³-hybridized carbons (Fsp3) is 0.625. The summed E-state index contributed by atoms with van der Waals surface area (Å²) >= 11 is 2.32. The zero-order valence-electron chi connectivity index (χ0n) is 11.2. The summed E-state index contributed by atoms with van der Waals surface area (Å²) < 4.78 is 1.26. The number of halogens is 1. The molecule has 1 N–H and O–H groups in total. The summed E-state index contributed by atoms with van der Waals surface area (Å²) in [6.07, 6.45) is 7.79. The molecule has 0 saturated heterocycles. The van der Waals surface area contributed by atoms with E-state index in [1.54, 1.807) is 0 Å². The first-order valence-corrected chi connectivity index (χ1v) is 8.16. The second kappa shape index (κ2) is 6.38. The van der Waals surface area contributed by atoms with Crippen LogP contribution in [0.25, 0.3) is 0 Å². The number of aliphatic hydroxyl groups is 1. The molecular formula is C16H23IO. The first-order chi connectivity index (χ1) is 8.61. The quantitative estimate of drug-likeness (QED) is 0.783. The van der Waals surface area contributed by atoms with Gasteiger partial charge < -0.3 is 5.11 Å². The average molecular weight is 358 g/mol. The van der Waals surface area contributed by atoms with Gasteiger partial charge in [0.2, 0.25) is 0 Å². The Morgan fingerprint density at radius 1 is 1.22 bits per heavy atom. The Morgan fingerprint density at radius 3 is 2.39 bits per heavy atom. The summed E-state index contributed by atoms with van der Waals surface area (Å²) in [6.45, 7) is 2.26. The topological polar surface area (TPSA) is 20.2 Å². The van der Waals surface area contributed by atoms with Gasteiger partial charge in [0, 0.05) is 9.99 Å². The third-order valence-electron chi connectivity index (χ3n) is 4.18. The highest BCUT2D eigenvalue weighted by Gasteiger charge is 2.32. The molecule has 18 heavy (non-hydrogen) atoms. The van der Waals surface area contributed by atoms with Gasteiger partial charge in [-0.2, -0.15) is 0 Å². The zero-order valence-corrected chi connectivity index (χ0v) is 13.3. The normalized spacial score (nSPS) is 28.3. The Balaban J connectivity index is 1.91. The predicted molar refractivity (Wildman–Crippen MR) is 84.7 cm³/mol. The lowest BCUT2D eigenvalue weighted by Crippen LogP contribution is -2.36. The molecule has 0 aliphatic heterocycles. The van der Waals surface area contributed by atoms with Gasteiger partial charge in [-0.1, -0.05) is 31.9 Å². The van der Waals surface area contributed by atoms with Gasteiger partial charge in [0.15, 0.2) is 0 Å². The van der Waals surface area contributed by atoms with E-state index in [9.17, 15) is 5.11 Å². The van der Waals surface area contributed by atoms with Crippen molar-refractivity contribution in [2.24, 2.45) is 5.92 Å². The summed E-state index contributed by atoms with van der Waals surface area (Å²) in [5, 5.41) is 10.7. The molecule has 1 aliphatic carbocycles. The number of hydrogen-bond acceptors (Lipinski definition) is 1. The molecule has 1 aromatic carbocycles. The molecular weight excluding hydrogens is 335 g/mol. The average Bonchev–Trinajstić information content (AvgIpc) is 2.36. The van der Waals surface area contributed by atoms with Gasteiger partial charge in [0.05, 0.1) is 5.60 Å². The van der Waals surface area contributed by atoms with Crippen LogP contribution in [0.1, 0.15) is 51.0 Å². The highest BCUT2D eigenvalue weighted by atomic mass is 127. The van der Waals surface area contributed by atoms with Gasteiger partial charge in [-0.25, -0.2) is 0 Å². The maximum atomic E-state index is 10.7. The summed E-state index contributed by atoms with van der Waals surface area (Å²) in [5.41, 5.74) is 0.823. The van der Waals surface area contributed by atoms with E-state index in [0.29, 0.717) is 0 Å². The second-order valence-corrected chi connectivity index (χ2v) is 7.01. The van der Waals surface area contributed by atoms with Crippen molar-refractivity contribution in [2.75, 3.05) is 0 Å². The summed E-state index contributed by atoms with van der Waals surface area (Å²) in [6, 6.07) is 8.56. The minimum Gasteiger partial charge on any atom is -0.390 e. The molecule has 1 nitrogen and oxygen atoms in total. The maximum Gasteiger partial charge on any atom is 0.0688 e. The lowest BCUT2D eigenvalue weighted by molar-refractivity contribution is -0.00987. The number of benzene rings is 1. The van der Waals surface area contributed by atoms with Crippen molar-refractivity contribution in [1.29, 1.82) is 0 Å². The van der Waals surface area contributed by atoms with Crippen LogP contribution in [0.5, 0.6) is 0 Å². The molecule has 0 heterocycles. The van der Waals surface area contributed by atoms with Gasteiger partial charge in [-0.15, -0.1) is 0 Å². The van der Waals surface area contributed by atoms with Gasteiger partial charge >= 0.3 is 0 Å². The molecule has 1 fully saturated rings. The van der Waals surface area contributed by atoms with Crippen LogP contribution < -0.4 is 0 Å². The summed E-state index contributed by atoms with van der Waals surface area (Å²) in [4.78, 5) is 0. The van der Waals surface area contributed by atoms with Crippen LogP contribution in [0.2, 0.25) is 0 Å². The molecule has 0 radical (unpaired) electrons. The Kier molecular flexibility index (Phi) is 5.07. The lowest BCUT2D eigenvalue weighted by atomic mass is 9.75. The van der Waals surface area contributed by atoms with Crippen molar-refractivity contribution in [1.82, 2.24) is 0 Å². The minimum atomic E-state index is -0.447. The molecule has 100 valence electrons. The Morgan fingerprint density at radius 2 is 1.83 bits per heavy atom. The van der Waals surface area contributed by atoms with Crippen LogP contribution in [-0.4, -0.2) is 10.7 Å². The Labute approximate surface area is 124 Å². The van der Waals surface area contributed by atoms with Crippen molar-refractivity contribution in [3.63, 3.8) is 0 Å². The van der Waals surface area contributed by atoms with E-state index >= 15 is 0 Å². The van der Waals surface area contributed by atoms with Crippen LogP contribution in [-0.2, 0) is 6.42 Å². The van der Waals surface area contributed by atoms with Crippen LogP contribution in [0, 0.1) is 9.49 Å². The highest BCUT2D eigenvalue weighted by molar-refractivity contribution is 14.1. The van der Waals surface area contributed by atoms with Crippen LogP contribution in [0.15, 0.2) is 24.3 Å². The van der Waals surface area contributed by atoms with E-state index in [1.807, 2.05) is 0 Å². The smallest absolute Gasteiger partial charge is 0.0688 e. The molecule has 0 atom stereocenters. The predicted octanol–water partition coefficient (Wildman–Crippen LogP) is 4.56. The largest absolute Gasteiger partial charge is 0.390 e. The van der Waals surface area contributed by atoms with Crippen molar-refractivity contribution < 1.29 is 5.11 Å². The SMILES string of the molecule is CCCC1CCC(O)(Cc2ccc(I)cc2)CC1. The first kappa shape index (κ1) is 14.3. The molecule has 0 bridgehead atoms. The van der Waals surface area contributed by atoms with E-state index in [0.717, 1.165) is 25.2 Å².